The van der Waals surface area contributed by atoms with Crippen LogP contribution in [0, 0.1) is 12.7 Å². The summed E-state index contributed by atoms with van der Waals surface area (Å²) in [5, 5.41) is 22.9. The van der Waals surface area contributed by atoms with E-state index in [1.165, 1.54) is 44.4 Å². The predicted octanol–water partition coefficient (Wildman–Crippen LogP) is 9.23. The highest BCUT2D eigenvalue weighted by Gasteiger charge is 2.35. The van der Waals surface area contributed by atoms with E-state index in [9.17, 15) is 26.0 Å². The van der Waals surface area contributed by atoms with Crippen molar-refractivity contribution in [1.82, 2.24) is 44.6 Å². The van der Waals surface area contributed by atoms with Gasteiger partial charge in [0.1, 0.15) is 23.3 Å². The normalized spacial score (nSPS) is 13.3. The summed E-state index contributed by atoms with van der Waals surface area (Å²) in [5.74, 6) is 2.18. The van der Waals surface area contributed by atoms with Gasteiger partial charge < -0.3 is 20.3 Å². The van der Waals surface area contributed by atoms with Crippen molar-refractivity contribution >= 4 is 71.8 Å². The van der Waals surface area contributed by atoms with Crippen molar-refractivity contribution in [2.24, 2.45) is 0 Å². The Morgan fingerprint density at radius 2 is 1.26 bits per heavy atom. The SMILES string of the molecule is CN(C)S(=O)(=O)c1ccccc1-c1nc(Nc2n[nH]c3ccc(F)cc23)c2ccccc2n1.Cc1c(Nc2n[nH]c3ccccc23)nc(-c2ccccc2C(F)(F)F)nc1N1CCOCC1. The Morgan fingerprint density at radius 3 is 2.00 bits per heavy atom. The van der Waals surface area contributed by atoms with E-state index in [1.807, 2.05) is 60.4 Å². The van der Waals surface area contributed by atoms with Gasteiger partial charge in [0, 0.05) is 60.0 Å². The molecule has 0 radical (unpaired) electrons. The maximum atomic E-state index is 13.8. The minimum Gasteiger partial charge on any atom is -0.378 e. The highest BCUT2D eigenvalue weighted by Crippen LogP contribution is 2.39. The molecular weight excluding hydrogens is 877 g/mol. The third-order valence-electron chi connectivity index (χ3n) is 10.9. The third kappa shape index (κ3) is 8.67. The number of aromatic amines is 2. The number of fused-ring (bicyclic) bond motifs is 3. The van der Waals surface area contributed by atoms with E-state index >= 15 is 0 Å². The summed E-state index contributed by atoms with van der Waals surface area (Å²) >= 11 is 0. The fraction of sp³-hybridized carbons (Fsp3) is 0.174. The molecule has 0 amide bonds. The number of hydrogen-bond donors (Lipinski definition) is 4. The molecule has 0 atom stereocenters. The van der Waals surface area contributed by atoms with E-state index in [4.69, 9.17) is 4.74 Å². The maximum Gasteiger partial charge on any atom is 0.417 e. The summed E-state index contributed by atoms with van der Waals surface area (Å²) in [7, 11) is -0.783. The molecule has 15 nitrogen and oxygen atoms in total. The first kappa shape index (κ1) is 43.7. The van der Waals surface area contributed by atoms with Gasteiger partial charge >= 0.3 is 6.18 Å². The zero-order valence-corrected chi connectivity index (χ0v) is 36.3. The number of halogens is 4. The Balaban J connectivity index is 0.000000166. The van der Waals surface area contributed by atoms with Crippen molar-refractivity contribution in [3.8, 4) is 22.8 Å². The second kappa shape index (κ2) is 17.8. The molecule has 0 saturated carbocycles. The Hall–Kier alpha value is -7.55. The molecule has 336 valence electrons. The molecule has 5 aromatic carbocycles. The molecule has 10 rings (SSSR count). The minimum absolute atomic E-state index is 0.00245. The molecule has 0 bridgehead atoms. The fourth-order valence-corrected chi connectivity index (χ4v) is 8.57. The van der Waals surface area contributed by atoms with E-state index in [0.717, 1.165) is 26.8 Å². The molecule has 9 aromatic rings. The molecule has 4 aromatic heterocycles. The monoisotopic (exact) mass is 916 g/mol. The van der Waals surface area contributed by atoms with E-state index in [-0.39, 0.29) is 27.9 Å². The van der Waals surface area contributed by atoms with Crippen LogP contribution in [0.15, 0.2) is 120 Å². The van der Waals surface area contributed by atoms with Crippen LogP contribution in [-0.2, 0) is 20.9 Å². The van der Waals surface area contributed by atoms with Crippen LogP contribution >= 0.6 is 0 Å². The average Bonchev–Trinajstić information content (AvgIpc) is 3.92. The van der Waals surface area contributed by atoms with Crippen LogP contribution in [0.4, 0.5) is 46.7 Å². The van der Waals surface area contributed by atoms with Gasteiger partial charge in [0.2, 0.25) is 10.0 Å². The average molecular weight is 917 g/mol. The van der Waals surface area contributed by atoms with Crippen molar-refractivity contribution in [1.29, 1.82) is 0 Å². The van der Waals surface area contributed by atoms with Crippen molar-refractivity contribution in [3.63, 3.8) is 0 Å². The van der Waals surface area contributed by atoms with Gasteiger partial charge in [0.15, 0.2) is 23.3 Å². The van der Waals surface area contributed by atoms with E-state index < -0.39 is 21.8 Å². The molecule has 0 aliphatic carbocycles. The quantitative estimate of drug-likeness (QED) is 0.101. The third-order valence-corrected chi connectivity index (χ3v) is 12.7. The van der Waals surface area contributed by atoms with Crippen LogP contribution in [0.1, 0.15) is 11.1 Å². The Bertz CT molecular complexity index is 3350. The molecular formula is C46H40F4N12O3S. The van der Waals surface area contributed by atoms with E-state index in [2.05, 4.69) is 51.0 Å². The standard InChI is InChI=1S/C23H21F3N6O.C23H19FN6O2S/c1-14-19(28-21-16-7-3-5-9-18(16)30-31-21)27-20(29-22(14)32-10-12-33-13-11-32)15-6-2-4-8-17(15)23(24,25)26;1-30(2)33(31,32)20-10-6-4-8-16(20)22-25-18-9-5-3-7-15(18)21(26-22)27-23-17-13-14(24)11-12-19(17)28-29-23/h2-9H,10-13H2,1H3,(H2,27,28,29,30,31);3-13H,1-2H3,(H2,25,26,27,28,29). The highest BCUT2D eigenvalue weighted by molar-refractivity contribution is 7.89. The van der Waals surface area contributed by atoms with Gasteiger partial charge in [0.05, 0.1) is 40.2 Å². The van der Waals surface area contributed by atoms with Crippen molar-refractivity contribution in [2.45, 2.75) is 18.0 Å². The summed E-state index contributed by atoms with van der Waals surface area (Å²) in [6, 6.07) is 31.2. The van der Waals surface area contributed by atoms with Gasteiger partial charge in [-0.15, -0.1) is 0 Å². The number of sulfonamides is 1. The molecule has 1 aliphatic heterocycles. The van der Waals surface area contributed by atoms with Crippen molar-refractivity contribution in [2.75, 3.05) is 55.9 Å². The number of rotatable bonds is 9. The zero-order chi connectivity index (χ0) is 46.2. The van der Waals surface area contributed by atoms with Gasteiger partial charge in [-0.2, -0.15) is 23.4 Å². The summed E-state index contributed by atoms with van der Waals surface area (Å²) in [5.41, 5.74) is 2.36. The number of aromatic nitrogens is 8. The molecule has 0 spiro atoms. The predicted molar refractivity (Wildman–Crippen MR) is 245 cm³/mol. The molecule has 1 fully saturated rings. The summed E-state index contributed by atoms with van der Waals surface area (Å²) in [6.45, 7) is 4.06. The van der Waals surface area contributed by atoms with Gasteiger partial charge in [-0.3, -0.25) is 10.2 Å². The first-order valence-corrected chi connectivity index (χ1v) is 22.0. The lowest BCUT2D eigenvalue weighted by atomic mass is 10.1. The first-order chi connectivity index (χ1) is 31.8. The molecule has 20 heteroatoms. The molecule has 1 saturated heterocycles. The highest BCUT2D eigenvalue weighted by atomic mass is 32.2. The number of para-hydroxylation sites is 2. The smallest absolute Gasteiger partial charge is 0.378 e. The van der Waals surface area contributed by atoms with Crippen molar-refractivity contribution < 1.29 is 30.7 Å². The second-order valence-electron chi connectivity index (χ2n) is 15.3. The summed E-state index contributed by atoms with van der Waals surface area (Å²) < 4.78 is 87.5. The van der Waals surface area contributed by atoms with Crippen LogP contribution in [0.2, 0.25) is 0 Å². The van der Waals surface area contributed by atoms with E-state index in [1.54, 1.807) is 30.3 Å². The van der Waals surface area contributed by atoms with Crippen molar-refractivity contribution in [3.05, 3.63) is 132 Å². The molecule has 4 N–H and O–H groups in total. The topological polar surface area (TPSA) is 183 Å². The fourth-order valence-electron chi connectivity index (χ4n) is 7.49. The number of alkyl halides is 3. The minimum atomic E-state index is -4.53. The maximum absolute atomic E-state index is 13.8. The van der Waals surface area contributed by atoms with Gasteiger partial charge in [0.25, 0.3) is 0 Å². The van der Waals surface area contributed by atoms with Crippen LogP contribution in [0.5, 0.6) is 0 Å². The molecule has 66 heavy (non-hydrogen) atoms. The van der Waals surface area contributed by atoms with Crippen LogP contribution in [-0.4, -0.2) is 93.5 Å². The number of ether oxygens (including phenoxy) is 1. The number of H-pyrrole nitrogens is 2. The Kier molecular flexibility index (Phi) is 11.8. The largest absolute Gasteiger partial charge is 0.417 e. The number of morpholine rings is 1. The number of nitrogens with one attached hydrogen (secondary N) is 4. The summed E-state index contributed by atoms with van der Waals surface area (Å²) in [4.78, 5) is 20.5. The lowest BCUT2D eigenvalue weighted by Gasteiger charge is -2.30. The van der Waals surface area contributed by atoms with E-state index in [0.29, 0.717) is 82.8 Å². The van der Waals surface area contributed by atoms with Gasteiger partial charge in [-0.05, 0) is 67.6 Å². The molecule has 1 aliphatic rings. The van der Waals surface area contributed by atoms with Crippen LogP contribution < -0.4 is 15.5 Å². The van der Waals surface area contributed by atoms with Gasteiger partial charge in [-0.25, -0.2) is 37.0 Å². The number of nitrogens with zero attached hydrogens (tertiary/aromatic N) is 8. The van der Waals surface area contributed by atoms with Crippen LogP contribution in [0.25, 0.3) is 55.5 Å². The lowest BCUT2D eigenvalue weighted by molar-refractivity contribution is -0.137. The van der Waals surface area contributed by atoms with Gasteiger partial charge in [-0.1, -0.05) is 54.6 Å². The second-order valence-corrected chi connectivity index (χ2v) is 17.4. The summed E-state index contributed by atoms with van der Waals surface area (Å²) in [6.07, 6.45) is -4.53. The molecule has 0 unspecified atom stereocenters. The number of benzene rings is 5. The Labute approximate surface area is 375 Å². The zero-order valence-electron chi connectivity index (χ0n) is 35.5. The molecule has 5 heterocycles. The Morgan fingerprint density at radius 1 is 0.667 bits per heavy atom. The first-order valence-electron chi connectivity index (χ1n) is 20.5. The number of hydrogen-bond acceptors (Lipinski definition) is 12. The lowest BCUT2D eigenvalue weighted by Crippen LogP contribution is -2.37. The number of anilines is 5. The van der Waals surface area contributed by atoms with Crippen LogP contribution in [0.3, 0.4) is 0 Å².